The molecule has 1 aromatic heterocycles. The third kappa shape index (κ3) is 4.36. The smallest absolute Gasteiger partial charge is 0.341 e. The van der Waals surface area contributed by atoms with Crippen LogP contribution in [0.1, 0.15) is 69.1 Å². The molecule has 0 amide bonds. The van der Waals surface area contributed by atoms with E-state index in [1.165, 1.54) is 16.7 Å². The Hall–Kier alpha value is -2.40. The van der Waals surface area contributed by atoms with Crippen LogP contribution in [0.15, 0.2) is 36.0 Å². The molecule has 0 atom stereocenters. The Morgan fingerprint density at radius 1 is 1.23 bits per heavy atom. The third-order valence-corrected chi connectivity index (χ3v) is 5.99. The Morgan fingerprint density at radius 3 is 2.63 bits per heavy atom. The molecule has 1 aromatic carbocycles. The van der Waals surface area contributed by atoms with E-state index in [4.69, 9.17) is 9.47 Å². The summed E-state index contributed by atoms with van der Waals surface area (Å²) in [4.78, 5) is 12.2. The van der Waals surface area contributed by atoms with Crippen LogP contribution in [0.2, 0.25) is 0 Å². The van der Waals surface area contributed by atoms with Crippen molar-refractivity contribution >= 4 is 11.5 Å². The zero-order valence-electron chi connectivity index (χ0n) is 19.3. The molecule has 5 nitrogen and oxygen atoms in total. The van der Waals surface area contributed by atoms with Crippen LogP contribution < -0.4 is 0 Å². The van der Waals surface area contributed by atoms with E-state index in [0.717, 1.165) is 24.2 Å². The molecule has 0 unspecified atom stereocenters. The van der Waals surface area contributed by atoms with E-state index in [1.54, 1.807) is 20.2 Å². The van der Waals surface area contributed by atoms with E-state index < -0.39 is 0 Å². The topological polar surface area (TPSA) is 53.3 Å². The van der Waals surface area contributed by atoms with Gasteiger partial charge >= 0.3 is 5.97 Å². The molecule has 5 heteroatoms. The first kappa shape index (κ1) is 22.3. The van der Waals surface area contributed by atoms with Crippen molar-refractivity contribution in [3.63, 3.8) is 0 Å². The molecule has 0 radical (unpaired) electrons. The van der Waals surface area contributed by atoms with Crippen LogP contribution in [-0.2, 0) is 9.47 Å². The molecule has 0 fully saturated rings. The largest absolute Gasteiger partial charge is 0.462 e. The number of hydrogen-bond donors (Lipinski definition) is 0. The maximum Gasteiger partial charge on any atom is 0.341 e. The number of aromatic nitrogens is 2. The maximum atomic E-state index is 12.2. The van der Waals surface area contributed by atoms with E-state index in [0.29, 0.717) is 18.8 Å². The highest BCUT2D eigenvalue weighted by molar-refractivity contribution is 5.90. The highest BCUT2D eigenvalue weighted by Gasteiger charge is 2.39. The van der Waals surface area contributed by atoms with E-state index in [1.807, 2.05) is 17.7 Å². The first-order chi connectivity index (χ1) is 14.1. The third-order valence-electron chi connectivity index (χ3n) is 5.99. The van der Waals surface area contributed by atoms with Crippen molar-refractivity contribution in [3.8, 4) is 5.69 Å². The lowest BCUT2D eigenvalue weighted by Crippen LogP contribution is -2.32. The number of ether oxygens (including phenoxy) is 2. The Labute approximate surface area is 180 Å². The van der Waals surface area contributed by atoms with Crippen molar-refractivity contribution in [3.05, 3.63) is 52.9 Å². The van der Waals surface area contributed by atoms with Crippen molar-refractivity contribution in [2.24, 2.45) is 10.8 Å². The number of esters is 1. The Kier molecular flexibility index (Phi) is 6.23. The zero-order chi connectivity index (χ0) is 22.1. The van der Waals surface area contributed by atoms with Gasteiger partial charge in [0.1, 0.15) is 5.56 Å². The lowest BCUT2D eigenvalue weighted by molar-refractivity contribution is 0.0525. The molecule has 0 bridgehead atoms. The monoisotopic (exact) mass is 410 g/mol. The van der Waals surface area contributed by atoms with E-state index >= 15 is 0 Å². The average Bonchev–Trinajstić information content (AvgIpc) is 3.04. The molecule has 1 heterocycles. The molecule has 0 aliphatic heterocycles. The zero-order valence-corrected chi connectivity index (χ0v) is 19.3. The highest BCUT2D eigenvalue weighted by Crippen LogP contribution is 2.51. The van der Waals surface area contributed by atoms with Crippen molar-refractivity contribution in [1.29, 1.82) is 0 Å². The lowest BCUT2D eigenvalue weighted by Gasteiger charge is -2.44. The van der Waals surface area contributed by atoms with Gasteiger partial charge in [-0.25, -0.2) is 9.48 Å². The van der Waals surface area contributed by atoms with Crippen molar-refractivity contribution < 1.29 is 14.3 Å². The van der Waals surface area contributed by atoms with Crippen LogP contribution in [-0.4, -0.2) is 36.1 Å². The van der Waals surface area contributed by atoms with Crippen LogP contribution in [0.4, 0.5) is 0 Å². The summed E-state index contributed by atoms with van der Waals surface area (Å²) in [6, 6.07) is 8.41. The summed E-state index contributed by atoms with van der Waals surface area (Å²) in [5, 5.41) is 4.46. The summed E-state index contributed by atoms with van der Waals surface area (Å²) in [5.41, 5.74) is 6.41. The van der Waals surface area contributed by atoms with Gasteiger partial charge in [0.2, 0.25) is 0 Å². The molecule has 0 saturated carbocycles. The van der Waals surface area contributed by atoms with Crippen LogP contribution in [0.5, 0.6) is 0 Å². The number of carbonyl (C=O) groups excluding carboxylic acids is 1. The summed E-state index contributed by atoms with van der Waals surface area (Å²) in [7, 11) is 1.76. The first-order valence-corrected chi connectivity index (χ1v) is 10.6. The van der Waals surface area contributed by atoms with Crippen molar-refractivity contribution in [2.45, 2.75) is 54.4 Å². The van der Waals surface area contributed by atoms with Crippen LogP contribution in [0.3, 0.4) is 0 Å². The molecule has 0 spiro atoms. The van der Waals surface area contributed by atoms with Gasteiger partial charge in [-0.05, 0) is 66.4 Å². The molecule has 1 aliphatic rings. The molecule has 0 saturated heterocycles. The average molecular weight is 411 g/mol. The quantitative estimate of drug-likeness (QED) is 0.581. The SMILES string of the molecule is CCOC(=O)c1cnn(-c2cccc(C3=C(COC)C(C)(C)CC(C)(C)C3)c2)c1C. The van der Waals surface area contributed by atoms with Gasteiger partial charge < -0.3 is 9.47 Å². The van der Waals surface area contributed by atoms with Gasteiger partial charge in [0.15, 0.2) is 0 Å². The summed E-state index contributed by atoms with van der Waals surface area (Å²) >= 11 is 0. The second kappa shape index (κ2) is 8.38. The summed E-state index contributed by atoms with van der Waals surface area (Å²) < 4.78 is 12.6. The highest BCUT2D eigenvalue weighted by atomic mass is 16.5. The molecule has 30 heavy (non-hydrogen) atoms. The van der Waals surface area contributed by atoms with Gasteiger partial charge in [-0.15, -0.1) is 0 Å². The Balaban J connectivity index is 2.08. The fraction of sp³-hybridized carbons (Fsp3) is 0.520. The predicted octanol–water partition coefficient (Wildman–Crippen LogP) is 5.60. The number of rotatable bonds is 6. The van der Waals surface area contributed by atoms with Crippen LogP contribution >= 0.6 is 0 Å². The van der Waals surface area contributed by atoms with Crippen molar-refractivity contribution in [1.82, 2.24) is 9.78 Å². The first-order valence-electron chi connectivity index (χ1n) is 10.6. The van der Waals surface area contributed by atoms with E-state index in [9.17, 15) is 4.79 Å². The van der Waals surface area contributed by atoms with Gasteiger partial charge in [-0.1, -0.05) is 39.8 Å². The second-order valence-electron chi connectivity index (χ2n) is 9.62. The number of methoxy groups -OCH3 is 1. The second-order valence-corrected chi connectivity index (χ2v) is 9.62. The number of allylic oxidation sites excluding steroid dienone is 1. The number of hydrogen-bond acceptors (Lipinski definition) is 4. The van der Waals surface area contributed by atoms with Crippen molar-refractivity contribution in [2.75, 3.05) is 20.3 Å². The summed E-state index contributed by atoms with van der Waals surface area (Å²) in [5.74, 6) is -0.335. The molecule has 1 aliphatic carbocycles. The molecule has 3 rings (SSSR count). The number of carbonyl (C=O) groups is 1. The van der Waals surface area contributed by atoms with Crippen LogP contribution in [0, 0.1) is 17.8 Å². The lowest BCUT2D eigenvalue weighted by atomic mass is 9.61. The van der Waals surface area contributed by atoms with E-state index in [-0.39, 0.29) is 16.8 Å². The molecular formula is C25H34N2O3. The maximum absolute atomic E-state index is 12.2. The van der Waals surface area contributed by atoms with E-state index in [2.05, 4.69) is 51.0 Å². The minimum Gasteiger partial charge on any atom is -0.462 e. The molecule has 2 aromatic rings. The van der Waals surface area contributed by atoms with Gasteiger partial charge in [0.25, 0.3) is 0 Å². The fourth-order valence-electron chi connectivity index (χ4n) is 4.97. The minimum absolute atomic E-state index is 0.0712. The normalized spacial score (nSPS) is 17.8. The minimum atomic E-state index is -0.335. The Morgan fingerprint density at radius 2 is 1.97 bits per heavy atom. The standard InChI is InChI=1S/C25H34N2O3/c1-8-30-23(28)21-14-26-27(17(21)2)19-11-9-10-18(12-19)20-13-24(3,4)16-25(5,6)22(20)15-29-7/h9-12,14H,8,13,15-16H2,1-7H3. The predicted molar refractivity (Wildman–Crippen MR) is 120 cm³/mol. The molecule has 0 N–H and O–H groups in total. The molecule has 162 valence electrons. The molecular weight excluding hydrogens is 376 g/mol. The summed E-state index contributed by atoms with van der Waals surface area (Å²) in [6.45, 7) is 14.0. The van der Waals surface area contributed by atoms with Gasteiger partial charge in [-0.2, -0.15) is 5.10 Å². The fourth-order valence-corrected chi connectivity index (χ4v) is 4.97. The number of nitrogens with zero attached hydrogens (tertiary/aromatic N) is 2. The van der Waals surface area contributed by atoms with Gasteiger partial charge in [0.05, 0.1) is 30.8 Å². The summed E-state index contributed by atoms with van der Waals surface area (Å²) in [6.07, 6.45) is 3.72. The van der Waals surface area contributed by atoms with Crippen LogP contribution in [0.25, 0.3) is 11.3 Å². The number of benzene rings is 1. The Bertz CT molecular complexity index is 967. The van der Waals surface area contributed by atoms with Gasteiger partial charge in [0, 0.05) is 7.11 Å². The van der Waals surface area contributed by atoms with Gasteiger partial charge in [-0.3, -0.25) is 0 Å².